The zero-order chi connectivity index (χ0) is 0. The predicted molar refractivity (Wildman–Crippen MR) is 32.4 cm³/mol. The zero-order valence-electron chi connectivity index (χ0n) is 4.66. The molecule has 0 aromatic heterocycles. The van der Waals surface area contributed by atoms with Gasteiger partial charge in [-0.05, 0) is 0 Å². The van der Waals surface area contributed by atoms with Crippen molar-refractivity contribution in [3.63, 3.8) is 0 Å². The second kappa shape index (κ2) is 374. The Bertz CT molecular complexity index is 10.4. The number of rotatable bonds is 0. The Morgan fingerprint density at radius 3 is 0.500 bits per heavy atom. The smallest absolute Gasteiger partial charge is 0 e. The topological polar surface area (TPSA) is 175 Å². The summed E-state index contributed by atoms with van der Waals surface area (Å²) in [5, 5.41) is 0. The van der Waals surface area contributed by atoms with Crippen molar-refractivity contribution >= 4 is 12.4 Å². The van der Waals surface area contributed by atoms with Crippen LogP contribution in [0.3, 0.4) is 0 Å². The molecule has 0 bridgehead atoms. The van der Waals surface area contributed by atoms with Gasteiger partial charge < -0.3 is 43.2 Å². The van der Waals surface area contributed by atoms with Crippen LogP contribution in [-0.4, -0.2) is 0 Å². The molecule has 1 radical (unpaired) electrons. The summed E-state index contributed by atoms with van der Waals surface area (Å²) in [6.07, 6.45) is 0. The summed E-state index contributed by atoms with van der Waals surface area (Å²) >= 11 is 0. The summed E-state index contributed by atoms with van der Waals surface area (Å²) in [6.45, 7) is 0. The van der Waals surface area contributed by atoms with Gasteiger partial charge in [0.2, 0.25) is 0 Å². The van der Waals surface area contributed by atoms with Crippen molar-refractivity contribution < 1.29 is 32.5 Å². The molecule has 0 aliphatic carbocycles. The largest absolute Gasteiger partial charge is 1.00 e. The molecule has 15 N–H and O–H groups in total. The Morgan fingerprint density at radius 1 is 0.500 bits per heavy atom. The maximum absolute atomic E-state index is 0. The van der Waals surface area contributed by atoms with Crippen LogP contribution in [0.2, 0.25) is 0 Å². The van der Waals surface area contributed by atoms with Gasteiger partial charge in [0.15, 0.2) is 0 Å². The molecule has 0 aliphatic heterocycles. The molecular weight excluding hydrogens is 333 g/mol. The molecule has 0 aromatic rings. The molecular formula is H16Cl2IrN5-. The first kappa shape index (κ1) is 549. The van der Waals surface area contributed by atoms with Crippen molar-refractivity contribution in [1.82, 2.24) is 30.8 Å². The first-order chi connectivity index (χ1) is 0. The molecule has 65 valence electrons. The van der Waals surface area contributed by atoms with Gasteiger partial charge in [-0.2, -0.15) is 0 Å². The number of halogens is 2. The summed E-state index contributed by atoms with van der Waals surface area (Å²) < 4.78 is 0. The third-order valence-electron chi connectivity index (χ3n) is 0. The molecule has 0 amide bonds. The van der Waals surface area contributed by atoms with Crippen LogP contribution in [0, 0.1) is 0 Å². The van der Waals surface area contributed by atoms with Crippen molar-refractivity contribution in [2.24, 2.45) is 0 Å². The van der Waals surface area contributed by atoms with E-state index >= 15 is 0 Å². The molecule has 0 spiro atoms. The normalized spacial score (nSPS) is 0. The maximum atomic E-state index is 0. The molecule has 8 heteroatoms. The standard InChI is InChI=1S/2ClH.Ir.5H3N/h2*1H;;5*1H3/p-1. The van der Waals surface area contributed by atoms with Crippen LogP contribution >= 0.6 is 12.4 Å². The molecule has 0 aromatic carbocycles. The van der Waals surface area contributed by atoms with Crippen molar-refractivity contribution in [3.05, 3.63) is 0 Å². The van der Waals surface area contributed by atoms with Gasteiger partial charge in [0.25, 0.3) is 0 Å². The van der Waals surface area contributed by atoms with Crippen molar-refractivity contribution in [1.29, 1.82) is 0 Å². The zero-order valence-corrected chi connectivity index (χ0v) is 8.62. The van der Waals surface area contributed by atoms with Gasteiger partial charge >= 0.3 is 0 Å². The average molecular weight is 349 g/mol. The number of hydrogen-bond acceptors (Lipinski definition) is 5. The van der Waals surface area contributed by atoms with E-state index in [4.69, 9.17) is 0 Å². The fourth-order valence-electron chi connectivity index (χ4n) is 0. The van der Waals surface area contributed by atoms with Gasteiger partial charge in [-0.3, -0.25) is 0 Å². The fraction of sp³-hybridized carbons (Fsp3) is 0. The van der Waals surface area contributed by atoms with Crippen LogP contribution in [0.4, 0.5) is 0 Å². The van der Waals surface area contributed by atoms with E-state index in [-0.39, 0.29) is 75.7 Å². The van der Waals surface area contributed by atoms with Crippen LogP contribution in [0.1, 0.15) is 0 Å². The van der Waals surface area contributed by atoms with Gasteiger partial charge in [0, 0.05) is 20.1 Å². The molecule has 0 saturated heterocycles. The Morgan fingerprint density at radius 2 is 0.500 bits per heavy atom. The Balaban J connectivity index is 0. The van der Waals surface area contributed by atoms with E-state index in [1.54, 1.807) is 0 Å². The van der Waals surface area contributed by atoms with E-state index in [0.29, 0.717) is 0 Å². The third-order valence-corrected chi connectivity index (χ3v) is 0. The summed E-state index contributed by atoms with van der Waals surface area (Å²) in [7, 11) is 0. The minimum absolute atomic E-state index is 0. The second-order valence-electron chi connectivity index (χ2n) is 0. The predicted octanol–water partition coefficient (Wildman–Crippen LogP) is -1.77. The van der Waals surface area contributed by atoms with Crippen molar-refractivity contribution in [3.8, 4) is 0 Å². The van der Waals surface area contributed by atoms with E-state index in [1.165, 1.54) is 0 Å². The van der Waals surface area contributed by atoms with Crippen LogP contribution in [0.5, 0.6) is 0 Å². The monoisotopic (exact) mass is 349 g/mol. The van der Waals surface area contributed by atoms with E-state index in [9.17, 15) is 0 Å². The SMILES string of the molecule is Cl.N.N.N.N.N.[Cl-].[Ir]. The van der Waals surface area contributed by atoms with E-state index in [0.717, 1.165) is 0 Å². The van der Waals surface area contributed by atoms with Gasteiger partial charge in [0.05, 0.1) is 0 Å². The Hall–Kier alpha value is 1.03. The van der Waals surface area contributed by atoms with Gasteiger partial charge in [0.1, 0.15) is 0 Å². The molecule has 0 saturated carbocycles. The van der Waals surface area contributed by atoms with E-state index in [2.05, 4.69) is 0 Å². The summed E-state index contributed by atoms with van der Waals surface area (Å²) in [4.78, 5) is 0. The molecule has 0 aliphatic rings. The van der Waals surface area contributed by atoms with Crippen LogP contribution < -0.4 is 43.2 Å². The second-order valence-corrected chi connectivity index (χ2v) is 0. The van der Waals surface area contributed by atoms with Crippen LogP contribution in [0.15, 0.2) is 0 Å². The van der Waals surface area contributed by atoms with Gasteiger partial charge in [-0.1, -0.05) is 0 Å². The fourth-order valence-corrected chi connectivity index (χ4v) is 0. The molecule has 0 atom stereocenters. The molecule has 5 nitrogen and oxygen atoms in total. The quantitative estimate of drug-likeness (QED) is 0.347. The van der Waals surface area contributed by atoms with Crippen LogP contribution in [0.25, 0.3) is 0 Å². The molecule has 0 fully saturated rings. The van der Waals surface area contributed by atoms with E-state index < -0.39 is 0 Å². The molecule has 8 heavy (non-hydrogen) atoms. The Kier molecular flexibility index (Phi) is 25700. The average Bonchev–Trinajstić information content (AvgIpc) is 0. The van der Waals surface area contributed by atoms with Gasteiger partial charge in [-0.25, -0.2) is 0 Å². The number of hydrogen-bond donors (Lipinski definition) is 5. The summed E-state index contributed by atoms with van der Waals surface area (Å²) in [5.41, 5.74) is 0. The minimum atomic E-state index is 0. The Labute approximate surface area is 75.8 Å². The summed E-state index contributed by atoms with van der Waals surface area (Å²) in [5.74, 6) is 0. The maximum Gasteiger partial charge on any atom is 0 e. The summed E-state index contributed by atoms with van der Waals surface area (Å²) in [6, 6.07) is 0. The first-order valence-electron chi connectivity index (χ1n) is 0. The first-order valence-corrected chi connectivity index (χ1v) is 0. The minimum Gasteiger partial charge on any atom is -1.00 e. The molecule has 0 heterocycles. The molecule has 0 unspecified atom stereocenters. The third kappa shape index (κ3) is 241. The van der Waals surface area contributed by atoms with Crippen molar-refractivity contribution in [2.75, 3.05) is 0 Å². The van der Waals surface area contributed by atoms with E-state index in [1.807, 2.05) is 0 Å². The van der Waals surface area contributed by atoms with Gasteiger partial charge in [-0.15, -0.1) is 12.4 Å². The van der Waals surface area contributed by atoms with Crippen LogP contribution in [-0.2, 0) is 20.1 Å². The van der Waals surface area contributed by atoms with Crippen molar-refractivity contribution in [2.45, 2.75) is 0 Å². The molecule has 0 rings (SSSR count).